The van der Waals surface area contributed by atoms with E-state index in [1.807, 2.05) is 19.9 Å². The lowest BCUT2D eigenvalue weighted by atomic mass is 10.4. The lowest BCUT2D eigenvalue weighted by Gasteiger charge is -2.50. The lowest BCUT2D eigenvalue weighted by Crippen LogP contribution is -2.49. The molecular weight excluding hydrogens is 175 g/mol. The summed E-state index contributed by atoms with van der Waals surface area (Å²) in [6, 6.07) is 1.96. The molecule has 12 heavy (non-hydrogen) atoms. The maximum absolute atomic E-state index is 10.9. The zero-order valence-corrected chi connectivity index (χ0v) is 8.38. The standard InChI is InChI=1S/C7H14N2O2P/c1-3-9(4-2,12(10)11)7-5-6-8/h3-5,7H2,1-2H3/q-1. The van der Waals surface area contributed by atoms with Gasteiger partial charge in [-0.2, -0.15) is 5.26 Å². The van der Waals surface area contributed by atoms with Gasteiger partial charge in [0.25, 0.3) is 0 Å². The van der Waals surface area contributed by atoms with Crippen molar-refractivity contribution in [3.63, 3.8) is 0 Å². The molecule has 0 aliphatic heterocycles. The zero-order chi connectivity index (χ0) is 9.61. The summed E-state index contributed by atoms with van der Waals surface area (Å²) in [5, 5.41) is 8.35. The molecule has 4 nitrogen and oxygen atoms in total. The van der Waals surface area contributed by atoms with Crippen molar-refractivity contribution in [1.29, 1.82) is 5.26 Å². The SMILES string of the molecule is CC[N+](CC)(CCC#N)P([O-])[O-]. The van der Waals surface area contributed by atoms with Gasteiger partial charge < -0.3 is 14.0 Å². The molecule has 0 fully saturated rings. The summed E-state index contributed by atoms with van der Waals surface area (Å²) in [6.07, 6.45) is 0.297. The molecule has 70 valence electrons. The fourth-order valence-corrected chi connectivity index (χ4v) is 1.84. The van der Waals surface area contributed by atoms with E-state index in [1.54, 1.807) is 0 Å². The predicted octanol–water partition coefficient (Wildman–Crippen LogP) is -0.296. The van der Waals surface area contributed by atoms with Crippen LogP contribution in [0.15, 0.2) is 0 Å². The predicted molar refractivity (Wildman–Crippen MR) is 43.4 cm³/mol. The first-order valence-corrected chi connectivity index (χ1v) is 5.14. The summed E-state index contributed by atoms with van der Waals surface area (Å²) in [4.78, 5) is 21.8. The van der Waals surface area contributed by atoms with Crippen molar-refractivity contribution in [2.75, 3.05) is 19.6 Å². The first kappa shape index (κ1) is 11.8. The van der Waals surface area contributed by atoms with Crippen molar-refractivity contribution in [2.24, 2.45) is 0 Å². The quantitative estimate of drug-likeness (QED) is 0.558. The van der Waals surface area contributed by atoms with Crippen molar-refractivity contribution in [3.8, 4) is 6.07 Å². The van der Waals surface area contributed by atoms with E-state index >= 15 is 0 Å². The second-order valence-corrected chi connectivity index (χ2v) is 3.92. The summed E-state index contributed by atoms with van der Waals surface area (Å²) in [6.45, 7) is 5.13. The maximum Gasteiger partial charge on any atom is 0.0912 e. The first-order valence-electron chi connectivity index (χ1n) is 4.01. The smallest absolute Gasteiger partial charge is 0.0912 e. The topological polar surface area (TPSA) is 69.9 Å². The van der Waals surface area contributed by atoms with Crippen molar-refractivity contribution in [3.05, 3.63) is 0 Å². The number of hydrogen-bond donors (Lipinski definition) is 0. The van der Waals surface area contributed by atoms with Crippen molar-refractivity contribution < 1.29 is 14.0 Å². The van der Waals surface area contributed by atoms with E-state index in [0.29, 0.717) is 26.1 Å². The van der Waals surface area contributed by atoms with Gasteiger partial charge in [-0.15, -0.1) is 0 Å². The molecule has 0 N–H and O–H groups in total. The Morgan fingerprint density at radius 1 is 1.33 bits per heavy atom. The Morgan fingerprint density at radius 2 is 1.83 bits per heavy atom. The Morgan fingerprint density at radius 3 is 2.08 bits per heavy atom. The van der Waals surface area contributed by atoms with Gasteiger partial charge in [0, 0.05) is 0 Å². The highest BCUT2D eigenvalue weighted by Crippen LogP contribution is 2.31. The first-order chi connectivity index (χ1) is 5.63. The normalized spacial score (nSPS) is 11.7. The third-order valence-corrected chi connectivity index (χ3v) is 3.62. The highest BCUT2D eigenvalue weighted by atomic mass is 31.2. The molecule has 0 atom stereocenters. The van der Waals surface area contributed by atoms with Crippen LogP contribution in [-0.2, 0) is 0 Å². The Bertz CT molecular complexity index is 163. The Labute approximate surface area is 74.6 Å². The van der Waals surface area contributed by atoms with Crippen LogP contribution in [0.4, 0.5) is 0 Å². The van der Waals surface area contributed by atoms with Gasteiger partial charge >= 0.3 is 0 Å². The van der Waals surface area contributed by atoms with Crippen LogP contribution in [0.3, 0.4) is 0 Å². The molecule has 0 saturated carbocycles. The molecule has 0 heterocycles. The fraction of sp³-hybridized carbons (Fsp3) is 0.857. The number of rotatable bonds is 5. The van der Waals surface area contributed by atoms with Crippen molar-refractivity contribution >= 4 is 8.53 Å². The largest absolute Gasteiger partial charge is 0.794 e. The summed E-state index contributed by atoms with van der Waals surface area (Å²) in [7, 11) is -2.47. The van der Waals surface area contributed by atoms with Gasteiger partial charge in [-0.1, -0.05) is 8.53 Å². The number of nitrogens with zero attached hydrogens (tertiary/aromatic N) is 2. The molecule has 0 aromatic carbocycles. The second kappa shape index (κ2) is 5.45. The van der Waals surface area contributed by atoms with Crippen molar-refractivity contribution in [1.82, 2.24) is 0 Å². The Hall–Kier alpha value is -0.200. The Kier molecular flexibility index (Phi) is 5.36. The van der Waals surface area contributed by atoms with E-state index in [2.05, 4.69) is 0 Å². The maximum atomic E-state index is 10.9. The van der Waals surface area contributed by atoms with Gasteiger partial charge in [-0.25, -0.2) is 0 Å². The van der Waals surface area contributed by atoms with Gasteiger partial charge in [-0.05, 0) is 13.8 Å². The van der Waals surface area contributed by atoms with E-state index in [1.165, 1.54) is 0 Å². The number of quaternary nitrogens is 1. The van der Waals surface area contributed by atoms with E-state index in [9.17, 15) is 9.79 Å². The molecule has 0 radical (unpaired) electrons. The van der Waals surface area contributed by atoms with E-state index in [0.717, 1.165) is 0 Å². The molecule has 5 heteroatoms. The highest BCUT2D eigenvalue weighted by Gasteiger charge is 2.19. The van der Waals surface area contributed by atoms with Gasteiger partial charge in [0.05, 0.1) is 32.1 Å². The third-order valence-electron chi connectivity index (χ3n) is 2.16. The number of nitriles is 1. The van der Waals surface area contributed by atoms with Crippen LogP contribution in [0.5, 0.6) is 0 Å². The molecule has 0 amide bonds. The lowest BCUT2D eigenvalue weighted by molar-refractivity contribution is -0.838. The molecule has 0 saturated heterocycles. The van der Waals surface area contributed by atoms with Gasteiger partial charge in [0.15, 0.2) is 0 Å². The summed E-state index contributed by atoms with van der Waals surface area (Å²) in [5.74, 6) is 0. The Balaban J connectivity index is 4.27. The minimum Gasteiger partial charge on any atom is -0.794 e. The van der Waals surface area contributed by atoms with Crippen LogP contribution in [-0.4, -0.2) is 23.9 Å². The highest BCUT2D eigenvalue weighted by molar-refractivity contribution is 7.35. The van der Waals surface area contributed by atoms with Crippen LogP contribution < -0.4 is 9.79 Å². The van der Waals surface area contributed by atoms with E-state index in [4.69, 9.17) is 5.26 Å². The third kappa shape index (κ3) is 2.69. The molecule has 0 spiro atoms. The summed E-state index contributed by atoms with van der Waals surface area (Å²) >= 11 is 0. The van der Waals surface area contributed by atoms with Crippen LogP contribution in [0.25, 0.3) is 0 Å². The fourth-order valence-electron chi connectivity index (χ4n) is 1.11. The molecule has 0 aliphatic carbocycles. The van der Waals surface area contributed by atoms with Gasteiger partial charge in [-0.3, -0.25) is 0 Å². The molecule has 0 aromatic heterocycles. The minimum absolute atomic E-state index is 0.0306. The minimum atomic E-state index is -2.47. The molecule has 0 aromatic rings. The second-order valence-electron chi connectivity index (χ2n) is 2.60. The monoisotopic (exact) mass is 189 g/mol. The van der Waals surface area contributed by atoms with Gasteiger partial charge in [0.2, 0.25) is 0 Å². The van der Waals surface area contributed by atoms with Gasteiger partial charge in [0.1, 0.15) is 0 Å². The van der Waals surface area contributed by atoms with Crippen LogP contribution in [0.1, 0.15) is 20.3 Å². The molecule has 0 aliphatic rings. The van der Waals surface area contributed by atoms with E-state index in [-0.39, 0.29) is 4.25 Å². The molecular formula is C7H14N2O2P-. The average molecular weight is 189 g/mol. The van der Waals surface area contributed by atoms with Crippen LogP contribution in [0.2, 0.25) is 0 Å². The van der Waals surface area contributed by atoms with Crippen molar-refractivity contribution in [2.45, 2.75) is 20.3 Å². The van der Waals surface area contributed by atoms with Crippen LogP contribution in [0, 0.1) is 11.3 Å². The molecule has 0 rings (SSSR count). The molecule has 0 unspecified atom stereocenters. The van der Waals surface area contributed by atoms with E-state index < -0.39 is 8.53 Å². The average Bonchev–Trinajstić information content (AvgIpc) is 2.07. The number of hydrogen-bond acceptors (Lipinski definition) is 3. The summed E-state index contributed by atoms with van der Waals surface area (Å²) < 4.78 is 0.0306. The van der Waals surface area contributed by atoms with Crippen LogP contribution >= 0.6 is 8.53 Å². The zero-order valence-electron chi connectivity index (χ0n) is 7.49. The molecule has 0 bridgehead atoms. The summed E-state index contributed by atoms with van der Waals surface area (Å²) in [5.41, 5.74) is 0.